The Morgan fingerprint density at radius 1 is 1.21 bits per heavy atom. The molecule has 1 N–H and O–H groups in total. The fraction of sp³-hybridized carbons (Fsp3) is 0.625. The molecule has 2 fully saturated rings. The Balaban J connectivity index is 1.64. The van der Waals surface area contributed by atoms with Gasteiger partial charge in [-0.15, -0.1) is 0 Å². The summed E-state index contributed by atoms with van der Waals surface area (Å²) in [6.07, 6.45) is 6.63. The Morgan fingerprint density at radius 3 is 2.68 bits per heavy atom. The van der Waals surface area contributed by atoms with Crippen LogP contribution >= 0.6 is 0 Å². The number of hydrogen-bond donors (Lipinski definition) is 1. The van der Waals surface area contributed by atoms with Crippen molar-refractivity contribution in [1.82, 2.24) is 5.32 Å². The van der Waals surface area contributed by atoms with Gasteiger partial charge >= 0.3 is 0 Å². The molecule has 3 heteroatoms. The molecule has 3 nitrogen and oxygen atoms in total. The molecule has 2 aliphatic rings. The van der Waals surface area contributed by atoms with Crippen LogP contribution in [0.2, 0.25) is 0 Å². The third kappa shape index (κ3) is 3.41. The molecule has 19 heavy (non-hydrogen) atoms. The molecule has 0 atom stereocenters. The average molecular weight is 261 g/mol. The lowest BCUT2D eigenvalue weighted by Gasteiger charge is -2.26. The van der Waals surface area contributed by atoms with Gasteiger partial charge in [0.25, 0.3) is 0 Å². The maximum absolute atomic E-state index is 6.02. The van der Waals surface area contributed by atoms with Crippen LogP contribution in [0.3, 0.4) is 0 Å². The second kappa shape index (κ2) is 5.83. The van der Waals surface area contributed by atoms with E-state index in [-0.39, 0.29) is 0 Å². The summed E-state index contributed by atoms with van der Waals surface area (Å²) in [5, 5.41) is 3.55. The number of benzene rings is 1. The average Bonchev–Trinajstić information content (AvgIpc) is 3.19. The molecule has 1 aromatic rings. The van der Waals surface area contributed by atoms with Gasteiger partial charge in [-0.3, -0.25) is 0 Å². The van der Waals surface area contributed by atoms with E-state index in [9.17, 15) is 0 Å². The molecular weight excluding hydrogens is 238 g/mol. The Morgan fingerprint density at radius 2 is 2.05 bits per heavy atom. The van der Waals surface area contributed by atoms with Crippen molar-refractivity contribution >= 4 is 0 Å². The maximum atomic E-state index is 6.02. The van der Waals surface area contributed by atoms with Crippen molar-refractivity contribution in [1.29, 1.82) is 0 Å². The van der Waals surface area contributed by atoms with Gasteiger partial charge in [-0.05, 0) is 37.7 Å². The summed E-state index contributed by atoms with van der Waals surface area (Å²) in [5.74, 6) is 2.62. The summed E-state index contributed by atoms with van der Waals surface area (Å²) in [6.45, 7) is 1.75. The van der Waals surface area contributed by atoms with Crippen molar-refractivity contribution < 1.29 is 9.47 Å². The number of nitrogens with one attached hydrogen (secondary N) is 1. The molecule has 2 saturated carbocycles. The van der Waals surface area contributed by atoms with Crippen LogP contribution in [-0.2, 0) is 6.54 Å². The molecule has 0 spiro atoms. The lowest BCUT2D eigenvalue weighted by molar-refractivity contribution is 0.179. The molecule has 1 aromatic carbocycles. The highest BCUT2D eigenvalue weighted by Crippen LogP contribution is 2.30. The van der Waals surface area contributed by atoms with Crippen molar-refractivity contribution in [3.05, 3.63) is 23.8 Å². The van der Waals surface area contributed by atoms with Gasteiger partial charge in [-0.25, -0.2) is 0 Å². The van der Waals surface area contributed by atoms with E-state index in [0.29, 0.717) is 0 Å². The molecule has 0 aromatic heterocycles. The minimum Gasteiger partial charge on any atom is -0.497 e. The maximum Gasteiger partial charge on any atom is 0.127 e. The van der Waals surface area contributed by atoms with E-state index in [1.54, 1.807) is 7.11 Å². The third-order valence-corrected chi connectivity index (χ3v) is 4.13. The lowest BCUT2D eigenvalue weighted by Crippen LogP contribution is -2.21. The summed E-state index contributed by atoms with van der Waals surface area (Å²) in [5.41, 5.74) is 1.24. The van der Waals surface area contributed by atoms with Crippen LogP contribution < -0.4 is 14.8 Å². The largest absolute Gasteiger partial charge is 0.497 e. The zero-order chi connectivity index (χ0) is 13.1. The highest BCUT2D eigenvalue weighted by molar-refractivity contribution is 5.40. The van der Waals surface area contributed by atoms with Gasteiger partial charge in [0.1, 0.15) is 11.5 Å². The highest BCUT2D eigenvalue weighted by atomic mass is 16.5. The Labute approximate surface area is 115 Å². The van der Waals surface area contributed by atoms with Crippen LogP contribution in [0, 0.1) is 5.92 Å². The minimum absolute atomic E-state index is 0.724. The Bertz CT molecular complexity index is 425. The zero-order valence-corrected chi connectivity index (χ0v) is 11.7. The van der Waals surface area contributed by atoms with E-state index in [2.05, 4.69) is 11.4 Å². The van der Waals surface area contributed by atoms with Crippen LogP contribution in [0.25, 0.3) is 0 Å². The first kappa shape index (κ1) is 12.8. The van der Waals surface area contributed by atoms with Crippen LogP contribution in [-0.4, -0.2) is 19.8 Å². The number of rotatable bonds is 7. The van der Waals surface area contributed by atoms with Gasteiger partial charge in [-0.2, -0.15) is 0 Å². The number of hydrogen-bond acceptors (Lipinski definition) is 3. The van der Waals surface area contributed by atoms with Gasteiger partial charge in [0.05, 0.1) is 13.7 Å². The Kier molecular flexibility index (Phi) is 3.92. The minimum atomic E-state index is 0.724. The van der Waals surface area contributed by atoms with Crippen molar-refractivity contribution in [3.8, 4) is 11.5 Å². The smallest absolute Gasteiger partial charge is 0.127 e. The van der Waals surface area contributed by atoms with Gasteiger partial charge in [-0.1, -0.05) is 12.5 Å². The van der Waals surface area contributed by atoms with E-state index in [1.807, 2.05) is 12.1 Å². The van der Waals surface area contributed by atoms with Gasteiger partial charge in [0.15, 0.2) is 0 Å². The quantitative estimate of drug-likeness (QED) is 0.818. The zero-order valence-electron chi connectivity index (χ0n) is 11.7. The lowest BCUT2D eigenvalue weighted by atomic mass is 9.86. The predicted molar refractivity (Wildman–Crippen MR) is 75.7 cm³/mol. The summed E-state index contributed by atoms with van der Waals surface area (Å²) < 4.78 is 11.3. The molecule has 0 unspecified atom stereocenters. The normalized spacial score (nSPS) is 19.0. The van der Waals surface area contributed by atoms with Crippen molar-refractivity contribution in [3.63, 3.8) is 0 Å². The van der Waals surface area contributed by atoms with E-state index >= 15 is 0 Å². The first-order valence-electron chi connectivity index (χ1n) is 7.38. The summed E-state index contributed by atoms with van der Waals surface area (Å²) in [7, 11) is 1.70. The monoisotopic (exact) mass is 261 g/mol. The van der Waals surface area contributed by atoms with Crippen LogP contribution in [0.5, 0.6) is 11.5 Å². The fourth-order valence-electron chi connectivity index (χ4n) is 2.35. The second-order valence-electron chi connectivity index (χ2n) is 5.74. The standard InChI is InChI=1S/C16H23NO2/c1-18-15-8-5-13(10-17-14-6-7-14)16(9-15)19-11-12-3-2-4-12/h5,8-9,12,14,17H,2-4,6-7,10-11H2,1H3. The SMILES string of the molecule is COc1ccc(CNC2CC2)c(OCC2CCC2)c1. The van der Waals surface area contributed by atoms with E-state index in [4.69, 9.17) is 9.47 Å². The molecule has 0 bridgehead atoms. The molecule has 3 rings (SSSR count). The first-order valence-corrected chi connectivity index (χ1v) is 7.38. The highest BCUT2D eigenvalue weighted by Gasteiger charge is 2.21. The molecule has 0 amide bonds. The van der Waals surface area contributed by atoms with Crippen molar-refractivity contribution in [2.75, 3.05) is 13.7 Å². The summed E-state index contributed by atoms with van der Waals surface area (Å²) >= 11 is 0. The number of ether oxygens (including phenoxy) is 2. The molecule has 2 aliphatic carbocycles. The van der Waals surface area contributed by atoms with Crippen molar-refractivity contribution in [2.24, 2.45) is 5.92 Å². The molecule has 104 valence electrons. The van der Waals surface area contributed by atoms with Gasteiger partial charge in [0.2, 0.25) is 0 Å². The Hall–Kier alpha value is -1.22. The van der Waals surface area contributed by atoms with Crippen molar-refractivity contribution in [2.45, 2.75) is 44.7 Å². The van der Waals surface area contributed by atoms with Crippen LogP contribution in [0.15, 0.2) is 18.2 Å². The van der Waals surface area contributed by atoms with E-state index in [1.165, 1.54) is 37.7 Å². The van der Waals surface area contributed by atoms with Gasteiger partial charge in [0, 0.05) is 24.2 Å². The predicted octanol–water partition coefficient (Wildman–Crippen LogP) is 3.13. The van der Waals surface area contributed by atoms with E-state index in [0.717, 1.165) is 36.6 Å². The summed E-state index contributed by atoms with van der Waals surface area (Å²) in [6, 6.07) is 6.87. The molecule has 0 saturated heterocycles. The third-order valence-electron chi connectivity index (χ3n) is 4.13. The fourth-order valence-corrected chi connectivity index (χ4v) is 2.35. The van der Waals surface area contributed by atoms with Gasteiger partial charge < -0.3 is 14.8 Å². The molecule has 0 aliphatic heterocycles. The molecule has 0 radical (unpaired) electrons. The summed E-state index contributed by atoms with van der Waals surface area (Å²) in [4.78, 5) is 0. The number of methoxy groups -OCH3 is 1. The van der Waals surface area contributed by atoms with Crippen LogP contribution in [0.1, 0.15) is 37.7 Å². The topological polar surface area (TPSA) is 30.5 Å². The second-order valence-corrected chi connectivity index (χ2v) is 5.74. The van der Waals surface area contributed by atoms with Crippen LogP contribution in [0.4, 0.5) is 0 Å². The van der Waals surface area contributed by atoms with E-state index < -0.39 is 0 Å². The molecule has 0 heterocycles. The first-order chi connectivity index (χ1) is 9.35. The molecular formula is C16H23NO2.